The number of sulfonamides is 1. The summed E-state index contributed by atoms with van der Waals surface area (Å²) in [5.41, 5.74) is 6.98. The standard InChI is InChI=1S/C26H28N4O5S/c1-4-16-8-10-20(11-9-16)36(33,34)30-22-14-26(2,3)35-25-21(22)13-18(15-28-25)24(32)29-19-7-5-6-17(12-19)23(27)31/h5-13,15,22,30H,4,14H2,1-3H3,(H2,27,31)(H,29,32)/t22-/m0/s1. The van der Waals surface area contributed by atoms with Crippen molar-refractivity contribution in [2.45, 2.75) is 50.2 Å². The van der Waals surface area contributed by atoms with Gasteiger partial charge in [-0.05, 0) is 62.2 Å². The predicted molar refractivity (Wildman–Crippen MR) is 135 cm³/mol. The first kappa shape index (κ1) is 25.3. The highest BCUT2D eigenvalue weighted by molar-refractivity contribution is 7.89. The first-order chi connectivity index (χ1) is 17.0. The molecule has 0 bridgehead atoms. The van der Waals surface area contributed by atoms with Gasteiger partial charge in [-0.1, -0.05) is 25.1 Å². The minimum Gasteiger partial charge on any atom is -0.471 e. The Kier molecular flexibility index (Phi) is 6.83. The maximum atomic E-state index is 13.2. The van der Waals surface area contributed by atoms with Crippen LogP contribution in [0.25, 0.3) is 0 Å². The van der Waals surface area contributed by atoms with Crippen molar-refractivity contribution in [1.82, 2.24) is 9.71 Å². The highest BCUT2D eigenvalue weighted by Crippen LogP contribution is 2.39. The maximum absolute atomic E-state index is 13.2. The van der Waals surface area contributed by atoms with E-state index in [1.54, 1.807) is 48.5 Å². The van der Waals surface area contributed by atoms with Crippen LogP contribution >= 0.6 is 0 Å². The number of ether oxygens (including phenoxy) is 1. The lowest BCUT2D eigenvalue weighted by Gasteiger charge is -2.37. The molecular formula is C26H28N4O5S. The van der Waals surface area contributed by atoms with Gasteiger partial charge < -0.3 is 15.8 Å². The molecule has 0 saturated carbocycles. The van der Waals surface area contributed by atoms with Gasteiger partial charge in [-0.25, -0.2) is 18.1 Å². The van der Waals surface area contributed by atoms with Crippen LogP contribution in [-0.2, 0) is 16.4 Å². The van der Waals surface area contributed by atoms with Crippen molar-refractivity contribution < 1.29 is 22.7 Å². The van der Waals surface area contributed by atoms with Gasteiger partial charge in [0.05, 0.1) is 16.5 Å². The highest BCUT2D eigenvalue weighted by atomic mass is 32.2. The number of hydrogen-bond acceptors (Lipinski definition) is 6. The molecule has 1 aliphatic heterocycles. The van der Waals surface area contributed by atoms with E-state index in [4.69, 9.17) is 10.5 Å². The highest BCUT2D eigenvalue weighted by Gasteiger charge is 2.37. The lowest BCUT2D eigenvalue weighted by Crippen LogP contribution is -2.41. The number of hydrogen-bond donors (Lipinski definition) is 3. The number of rotatable bonds is 7. The Morgan fingerprint density at radius 3 is 2.50 bits per heavy atom. The quantitative estimate of drug-likeness (QED) is 0.446. The molecule has 4 rings (SSSR count). The van der Waals surface area contributed by atoms with Gasteiger partial charge in [-0.3, -0.25) is 9.59 Å². The average Bonchev–Trinajstić information content (AvgIpc) is 2.83. The van der Waals surface area contributed by atoms with Gasteiger partial charge in [0.25, 0.3) is 5.91 Å². The molecule has 0 fully saturated rings. The van der Waals surface area contributed by atoms with Crippen LogP contribution in [0.1, 0.15) is 65.1 Å². The van der Waals surface area contributed by atoms with E-state index in [2.05, 4.69) is 15.0 Å². The third-order valence-corrected chi connectivity index (χ3v) is 7.42. The van der Waals surface area contributed by atoms with Crippen LogP contribution in [0.2, 0.25) is 0 Å². The summed E-state index contributed by atoms with van der Waals surface area (Å²) in [6, 6.07) is 13.9. The van der Waals surface area contributed by atoms with Gasteiger partial charge in [0, 0.05) is 29.4 Å². The van der Waals surface area contributed by atoms with E-state index in [-0.39, 0.29) is 21.9 Å². The second-order valence-corrected chi connectivity index (χ2v) is 11.0. The summed E-state index contributed by atoms with van der Waals surface area (Å²) in [6.07, 6.45) is 2.50. The molecular weight excluding hydrogens is 480 g/mol. The van der Waals surface area contributed by atoms with Crippen LogP contribution < -0.4 is 20.5 Å². The zero-order valence-electron chi connectivity index (χ0n) is 20.2. The summed E-state index contributed by atoms with van der Waals surface area (Å²) >= 11 is 0. The molecule has 10 heteroatoms. The van der Waals surface area contributed by atoms with Gasteiger partial charge in [-0.15, -0.1) is 0 Å². The number of nitrogens with zero attached hydrogens (tertiary/aromatic N) is 1. The SMILES string of the molecule is CCc1ccc(S(=O)(=O)N[C@H]2CC(C)(C)Oc3ncc(C(=O)Nc4cccc(C(N)=O)c4)cc32)cc1. The second-order valence-electron chi connectivity index (χ2n) is 9.25. The number of nitrogens with two attached hydrogens (primary N) is 1. The molecule has 1 aromatic heterocycles. The van der Waals surface area contributed by atoms with E-state index >= 15 is 0 Å². The first-order valence-electron chi connectivity index (χ1n) is 11.5. The summed E-state index contributed by atoms with van der Waals surface area (Å²) in [4.78, 5) is 28.8. The van der Waals surface area contributed by atoms with Gasteiger partial charge in [0.2, 0.25) is 21.8 Å². The van der Waals surface area contributed by atoms with Crippen molar-refractivity contribution in [3.05, 3.63) is 83.0 Å². The van der Waals surface area contributed by atoms with Crippen LogP contribution in [0.5, 0.6) is 5.88 Å². The van der Waals surface area contributed by atoms with Crippen LogP contribution in [0.4, 0.5) is 5.69 Å². The van der Waals surface area contributed by atoms with Gasteiger partial charge >= 0.3 is 0 Å². The molecule has 4 N–H and O–H groups in total. The number of fused-ring (bicyclic) bond motifs is 1. The minimum atomic E-state index is -3.85. The van der Waals surface area contributed by atoms with Crippen LogP contribution in [0.15, 0.2) is 65.7 Å². The summed E-state index contributed by atoms with van der Waals surface area (Å²) in [6.45, 7) is 5.70. The summed E-state index contributed by atoms with van der Waals surface area (Å²) in [7, 11) is -3.85. The van der Waals surface area contributed by atoms with Gasteiger partial charge in [0.15, 0.2) is 0 Å². The molecule has 2 aromatic carbocycles. The molecule has 0 aliphatic carbocycles. The number of aryl methyl sites for hydroxylation is 1. The van der Waals surface area contributed by atoms with E-state index in [1.807, 2.05) is 20.8 Å². The van der Waals surface area contributed by atoms with Crippen molar-refractivity contribution in [1.29, 1.82) is 0 Å². The van der Waals surface area contributed by atoms with E-state index in [0.29, 0.717) is 17.7 Å². The molecule has 2 amide bonds. The zero-order chi connectivity index (χ0) is 26.1. The Morgan fingerprint density at radius 1 is 1.11 bits per heavy atom. The Bertz CT molecular complexity index is 1420. The van der Waals surface area contributed by atoms with Crippen molar-refractivity contribution in [2.24, 2.45) is 5.73 Å². The van der Waals surface area contributed by atoms with Crippen molar-refractivity contribution >= 4 is 27.5 Å². The largest absolute Gasteiger partial charge is 0.471 e. The lowest BCUT2D eigenvalue weighted by atomic mass is 9.91. The number of primary amides is 1. The lowest BCUT2D eigenvalue weighted by molar-refractivity contribution is 0.0640. The molecule has 0 unspecified atom stereocenters. The Balaban J connectivity index is 1.63. The van der Waals surface area contributed by atoms with E-state index < -0.39 is 33.5 Å². The molecule has 0 saturated heterocycles. The molecule has 0 spiro atoms. The van der Waals surface area contributed by atoms with Crippen molar-refractivity contribution in [3.63, 3.8) is 0 Å². The molecule has 2 heterocycles. The molecule has 1 aliphatic rings. The fraction of sp³-hybridized carbons (Fsp3) is 0.269. The topological polar surface area (TPSA) is 140 Å². The smallest absolute Gasteiger partial charge is 0.257 e. The summed E-state index contributed by atoms with van der Waals surface area (Å²) in [5.74, 6) is -0.832. The number of carbonyl (C=O) groups excluding carboxylic acids is 2. The minimum absolute atomic E-state index is 0.154. The molecule has 36 heavy (non-hydrogen) atoms. The Hall–Kier alpha value is -3.76. The summed E-state index contributed by atoms with van der Waals surface area (Å²) in [5, 5.41) is 2.71. The number of amides is 2. The average molecular weight is 509 g/mol. The number of carbonyl (C=O) groups is 2. The molecule has 9 nitrogen and oxygen atoms in total. The Morgan fingerprint density at radius 2 is 1.83 bits per heavy atom. The fourth-order valence-corrected chi connectivity index (χ4v) is 5.27. The Labute approximate surface area is 210 Å². The van der Waals surface area contributed by atoms with Gasteiger partial charge in [-0.2, -0.15) is 0 Å². The van der Waals surface area contributed by atoms with E-state index in [1.165, 1.54) is 12.3 Å². The predicted octanol–water partition coefficient (Wildman–Crippen LogP) is 3.58. The van der Waals surface area contributed by atoms with Crippen molar-refractivity contribution in [3.8, 4) is 5.88 Å². The van der Waals surface area contributed by atoms with Crippen molar-refractivity contribution in [2.75, 3.05) is 5.32 Å². The zero-order valence-corrected chi connectivity index (χ0v) is 21.1. The number of benzene rings is 2. The first-order valence-corrected chi connectivity index (χ1v) is 13.0. The fourth-order valence-electron chi connectivity index (χ4n) is 4.05. The molecule has 0 radical (unpaired) electrons. The number of nitrogens with one attached hydrogen (secondary N) is 2. The number of anilines is 1. The monoisotopic (exact) mass is 508 g/mol. The maximum Gasteiger partial charge on any atom is 0.257 e. The third kappa shape index (κ3) is 5.55. The van der Waals surface area contributed by atoms with Gasteiger partial charge in [0.1, 0.15) is 5.60 Å². The number of aromatic nitrogens is 1. The summed E-state index contributed by atoms with van der Waals surface area (Å²) < 4.78 is 35.1. The normalized spacial score (nSPS) is 16.5. The van der Waals surface area contributed by atoms with Crippen LogP contribution in [0.3, 0.4) is 0 Å². The van der Waals surface area contributed by atoms with Crippen LogP contribution in [0, 0.1) is 0 Å². The molecule has 1 atom stereocenters. The second kappa shape index (κ2) is 9.71. The molecule has 188 valence electrons. The van der Waals surface area contributed by atoms with Crippen LogP contribution in [-0.4, -0.2) is 30.8 Å². The third-order valence-electron chi connectivity index (χ3n) is 5.93. The number of pyridine rings is 1. The molecule has 3 aromatic rings. The van der Waals surface area contributed by atoms with E-state index in [9.17, 15) is 18.0 Å². The van der Waals surface area contributed by atoms with E-state index in [0.717, 1.165) is 12.0 Å².